The second-order valence-corrected chi connectivity index (χ2v) is 6.02. The van der Waals surface area contributed by atoms with Gasteiger partial charge < -0.3 is 10.4 Å². The van der Waals surface area contributed by atoms with E-state index in [1.165, 1.54) is 25.1 Å². The fraction of sp³-hybridized carbons (Fsp3) is 0.667. The Kier molecular flexibility index (Phi) is 3.54. The average molecular weight is 264 g/mol. The smallest absolute Gasteiger partial charge is 0.141 e. The molecule has 2 saturated carbocycles. The van der Waals surface area contributed by atoms with Crippen LogP contribution in [0.5, 0.6) is 0 Å². The van der Waals surface area contributed by atoms with Crippen LogP contribution in [0.2, 0.25) is 0 Å². The van der Waals surface area contributed by atoms with E-state index in [1.54, 1.807) is 6.07 Å². The molecule has 2 fully saturated rings. The molecule has 0 aromatic carbocycles. The van der Waals surface area contributed by atoms with E-state index in [2.05, 4.69) is 10.3 Å². The fourth-order valence-corrected chi connectivity index (χ4v) is 3.11. The highest BCUT2D eigenvalue weighted by atomic mass is 19.1. The van der Waals surface area contributed by atoms with Crippen LogP contribution in [0, 0.1) is 5.82 Å². The molecule has 0 atom stereocenters. The number of aliphatic hydroxyl groups excluding tert-OH is 1. The summed E-state index contributed by atoms with van der Waals surface area (Å²) in [7, 11) is 0. The molecule has 1 heterocycles. The summed E-state index contributed by atoms with van der Waals surface area (Å²) in [6.07, 6.45) is 7.84. The van der Waals surface area contributed by atoms with Gasteiger partial charge in [0.1, 0.15) is 5.82 Å². The van der Waals surface area contributed by atoms with Crippen LogP contribution in [0.25, 0.3) is 0 Å². The zero-order valence-corrected chi connectivity index (χ0v) is 11.1. The minimum absolute atomic E-state index is 0.0990. The van der Waals surface area contributed by atoms with Crippen LogP contribution in [0.4, 0.5) is 4.39 Å². The lowest BCUT2D eigenvalue weighted by Crippen LogP contribution is -2.42. The fourth-order valence-electron chi connectivity index (χ4n) is 3.11. The Morgan fingerprint density at radius 1 is 1.21 bits per heavy atom. The van der Waals surface area contributed by atoms with Crippen molar-refractivity contribution < 1.29 is 9.50 Å². The van der Waals surface area contributed by atoms with Crippen molar-refractivity contribution in [3.8, 4) is 0 Å². The average Bonchev–Trinajstić information content (AvgIpc) is 3.25. The number of hydrogen-bond acceptors (Lipinski definition) is 3. The van der Waals surface area contributed by atoms with Gasteiger partial charge in [0.05, 0.1) is 12.8 Å². The van der Waals surface area contributed by atoms with Crippen molar-refractivity contribution in [2.45, 2.75) is 56.0 Å². The van der Waals surface area contributed by atoms with Crippen LogP contribution in [0.15, 0.2) is 18.3 Å². The molecule has 3 rings (SSSR count). The first-order chi connectivity index (χ1) is 9.22. The SMILES string of the molecule is OC[C@]1(c2ccc(F)cn2)CC[C@H](NC2CC2)CC1. The minimum atomic E-state index is -0.319. The maximum Gasteiger partial charge on any atom is 0.141 e. The maximum absolute atomic E-state index is 13.0. The number of nitrogens with zero attached hydrogens (tertiary/aromatic N) is 1. The Morgan fingerprint density at radius 3 is 2.42 bits per heavy atom. The topological polar surface area (TPSA) is 45.2 Å². The quantitative estimate of drug-likeness (QED) is 0.876. The summed E-state index contributed by atoms with van der Waals surface area (Å²) in [5, 5.41) is 13.4. The number of aromatic nitrogens is 1. The van der Waals surface area contributed by atoms with Crippen molar-refractivity contribution >= 4 is 0 Å². The lowest BCUT2D eigenvalue weighted by Gasteiger charge is -2.38. The monoisotopic (exact) mass is 264 g/mol. The third kappa shape index (κ3) is 2.79. The molecule has 0 unspecified atom stereocenters. The molecule has 1 aromatic rings. The third-order valence-corrected chi connectivity index (χ3v) is 4.56. The van der Waals surface area contributed by atoms with Crippen molar-refractivity contribution in [3.05, 3.63) is 29.8 Å². The standard InChI is InChI=1S/C15H21FN2O/c16-11-1-4-14(17-9-11)15(10-19)7-5-13(6-8-15)18-12-2-3-12/h1,4,9,12-13,18-19H,2-3,5-8,10H2/t13-,15-. The van der Waals surface area contributed by atoms with Crippen LogP contribution in [-0.2, 0) is 5.41 Å². The third-order valence-electron chi connectivity index (χ3n) is 4.56. The van der Waals surface area contributed by atoms with Gasteiger partial charge in [-0.2, -0.15) is 0 Å². The van der Waals surface area contributed by atoms with Crippen molar-refractivity contribution in [1.82, 2.24) is 10.3 Å². The van der Waals surface area contributed by atoms with E-state index < -0.39 is 0 Å². The molecular formula is C15H21FN2O. The molecule has 0 radical (unpaired) electrons. The Bertz CT molecular complexity index is 422. The van der Waals surface area contributed by atoms with Crippen molar-refractivity contribution in [2.75, 3.05) is 6.61 Å². The van der Waals surface area contributed by atoms with Gasteiger partial charge in [0.2, 0.25) is 0 Å². The number of rotatable bonds is 4. The van der Waals surface area contributed by atoms with E-state index in [1.807, 2.05) is 0 Å². The summed E-state index contributed by atoms with van der Waals surface area (Å²) in [6.45, 7) is 0.0990. The summed E-state index contributed by atoms with van der Waals surface area (Å²) in [5.41, 5.74) is 0.566. The maximum atomic E-state index is 13.0. The zero-order chi connectivity index (χ0) is 13.3. The Balaban J connectivity index is 1.68. The normalized spacial score (nSPS) is 31.4. The van der Waals surface area contributed by atoms with Crippen molar-refractivity contribution in [1.29, 1.82) is 0 Å². The van der Waals surface area contributed by atoms with Crippen molar-refractivity contribution in [2.24, 2.45) is 0 Å². The molecule has 4 heteroatoms. The number of pyridine rings is 1. The predicted molar refractivity (Wildman–Crippen MR) is 71.4 cm³/mol. The molecule has 0 aliphatic heterocycles. The van der Waals surface area contributed by atoms with E-state index >= 15 is 0 Å². The summed E-state index contributed by atoms with van der Waals surface area (Å²) in [6, 6.07) is 4.47. The van der Waals surface area contributed by atoms with E-state index in [9.17, 15) is 9.50 Å². The van der Waals surface area contributed by atoms with E-state index in [0.29, 0.717) is 6.04 Å². The Labute approximate surface area is 113 Å². The van der Waals surface area contributed by atoms with E-state index in [0.717, 1.165) is 37.4 Å². The number of aliphatic hydroxyl groups is 1. The predicted octanol–water partition coefficient (Wildman–Crippen LogP) is 2.15. The molecule has 0 bridgehead atoms. The van der Waals surface area contributed by atoms with Crippen LogP contribution in [0.1, 0.15) is 44.2 Å². The first-order valence-corrected chi connectivity index (χ1v) is 7.21. The number of hydrogen-bond donors (Lipinski definition) is 2. The summed E-state index contributed by atoms with van der Waals surface area (Å²) in [5.74, 6) is -0.319. The molecule has 2 aliphatic carbocycles. The molecule has 1 aromatic heterocycles. The number of halogens is 1. The molecule has 3 nitrogen and oxygen atoms in total. The highest BCUT2D eigenvalue weighted by Crippen LogP contribution is 2.39. The second-order valence-electron chi connectivity index (χ2n) is 6.02. The van der Waals surface area contributed by atoms with Crippen LogP contribution < -0.4 is 5.32 Å². The van der Waals surface area contributed by atoms with Gasteiger partial charge in [-0.05, 0) is 50.7 Å². The molecule has 0 saturated heterocycles. The first kappa shape index (κ1) is 13.0. The van der Waals surface area contributed by atoms with Gasteiger partial charge in [-0.1, -0.05) is 0 Å². The van der Waals surface area contributed by atoms with E-state index in [4.69, 9.17) is 0 Å². The summed E-state index contributed by atoms with van der Waals surface area (Å²) < 4.78 is 13.0. The minimum Gasteiger partial charge on any atom is -0.395 e. The molecule has 2 aliphatic rings. The van der Waals surface area contributed by atoms with Crippen molar-refractivity contribution in [3.63, 3.8) is 0 Å². The molecule has 0 amide bonds. The lowest BCUT2D eigenvalue weighted by molar-refractivity contribution is 0.134. The largest absolute Gasteiger partial charge is 0.395 e. The second kappa shape index (κ2) is 5.17. The van der Waals surface area contributed by atoms with Gasteiger partial charge in [0, 0.05) is 23.2 Å². The molecule has 104 valence electrons. The van der Waals surface area contributed by atoms with Gasteiger partial charge in [-0.25, -0.2) is 4.39 Å². The summed E-state index contributed by atoms with van der Waals surface area (Å²) in [4.78, 5) is 4.19. The molecular weight excluding hydrogens is 243 g/mol. The molecule has 0 spiro atoms. The van der Waals surface area contributed by atoms with E-state index in [-0.39, 0.29) is 17.8 Å². The van der Waals surface area contributed by atoms with Gasteiger partial charge in [-0.15, -0.1) is 0 Å². The van der Waals surface area contributed by atoms with Gasteiger partial charge >= 0.3 is 0 Å². The highest BCUT2D eigenvalue weighted by molar-refractivity contribution is 5.19. The van der Waals surface area contributed by atoms with Crippen LogP contribution in [-0.4, -0.2) is 28.8 Å². The van der Waals surface area contributed by atoms with Gasteiger partial charge in [-0.3, -0.25) is 4.98 Å². The Morgan fingerprint density at radius 2 is 1.89 bits per heavy atom. The summed E-state index contributed by atoms with van der Waals surface area (Å²) >= 11 is 0. The number of nitrogens with one attached hydrogen (secondary N) is 1. The molecule has 19 heavy (non-hydrogen) atoms. The van der Waals surface area contributed by atoms with Crippen LogP contribution in [0.3, 0.4) is 0 Å². The molecule has 2 N–H and O–H groups in total. The first-order valence-electron chi connectivity index (χ1n) is 7.21. The lowest BCUT2D eigenvalue weighted by atomic mass is 9.70. The zero-order valence-electron chi connectivity index (χ0n) is 11.1. The Hall–Kier alpha value is -1.00. The van der Waals surface area contributed by atoms with Gasteiger partial charge in [0.25, 0.3) is 0 Å². The van der Waals surface area contributed by atoms with Crippen LogP contribution >= 0.6 is 0 Å². The highest BCUT2D eigenvalue weighted by Gasteiger charge is 2.38. The van der Waals surface area contributed by atoms with Gasteiger partial charge in [0.15, 0.2) is 0 Å².